The minimum Gasteiger partial charge on any atom is -0.480 e. The van der Waals surface area contributed by atoms with Crippen molar-refractivity contribution >= 4 is 29.6 Å². The molecule has 6 atom stereocenters. The van der Waals surface area contributed by atoms with Crippen molar-refractivity contribution in [3.8, 4) is 0 Å². The summed E-state index contributed by atoms with van der Waals surface area (Å²) in [7, 11) is 0. The first-order chi connectivity index (χ1) is 16.9. The zero-order valence-electron chi connectivity index (χ0n) is 21.2. The molecule has 36 heavy (non-hydrogen) atoms. The summed E-state index contributed by atoms with van der Waals surface area (Å²) in [5.41, 5.74) is 11.6. The maximum atomic E-state index is 13.3. The molecule has 0 aliphatic carbocycles. The molecule has 202 valence electrons. The number of rotatable bonds is 16. The van der Waals surface area contributed by atoms with Crippen molar-refractivity contribution in [3.05, 3.63) is 18.2 Å². The van der Waals surface area contributed by atoms with Crippen LogP contribution in [0.2, 0.25) is 0 Å². The average Bonchev–Trinajstić information content (AvgIpc) is 3.35. The largest absolute Gasteiger partial charge is 0.480 e. The summed E-state index contributed by atoms with van der Waals surface area (Å²) < 4.78 is 0. The van der Waals surface area contributed by atoms with Crippen LogP contribution in [0.4, 0.5) is 0 Å². The Bertz CT molecular complexity index is 892. The summed E-state index contributed by atoms with van der Waals surface area (Å²) in [5.74, 6) is -4.30. The number of aromatic amines is 1. The lowest BCUT2D eigenvalue weighted by Crippen LogP contribution is -2.59. The predicted molar refractivity (Wildman–Crippen MR) is 131 cm³/mol. The van der Waals surface area contributed by atoms with Gasteiger partial charge in [0, 0.05) is 24.7 Å². The van der Waals surface area contributed by atoms with Crippen molar-refractivity contribution in [1.29, 1.82) is 0 Å². The Morgan fingerprint density at radius 3 is 2.08 bits per heavy atom. The highest BCUT2D eigenvalue weighted by molar-refractivity contribution is 5.94. The number of aromatic nitrogens is 2. The molecule has 1 heterocycles. The summed E-state index contributed by atoms with van der Waals surface area (Å²) in [5, 5.41) is 17.1. The van der Waals surface area contributed by atoms with Crippen molar-refractivity contribution in [3.63, 3.8) is 0 Å². The van der Waals surface area contributed by atoms with Gasteiger partial charge in [0.05, 0.1) is 12.4 Å². The zero-order chi connectivity index (χ0) is 27.4. The molecule has 6 unspecified atom stereocenters. The number of primary amides is 1. The molecule has 0 radical (unpaired) electrons. The minimum atomic E-state index is -1.38. The second kappa shape index (κ2) is 14.8. The van der Waals surface area contributed by atoms with Gasteiger partial charge in [-0.15, -0.1) is 0 Å². The molecule has 13 heteroatoms. The molecular formula is C23H39N7O6. The van der Waals surface area contributed by atoms with Gasteiger partial charge in [-0.25, -0.2) is 9.78 Å². The third-order valence-electron chi connectivity index (χ3n) is 6.26. The Balaban J connectivity index is 3.10. The number of carboxylic acid groups (broad SMARTS) is 1. The van der Waals surface area contributed by atoms with Gasteiger partial charge in [-0.1, -0.05) is 40.5 Å². The molecule has 9 N–H and O–H groups in total. The molecule has 0 fully saturated rings. The highest BCUT2D eigenvalue weighted by Gasteiger charge is 2.33. The number of amides is 4. The summed E-state index contributed by atoms with van der Waals surface area (Å²) in [6.07, 6.45) is 3.63. The predicted octanol–water partition coefficient (Wildman–Crippen LogP) is -0.824. The van der Waals surface area contributed by atoms with Crippen LogP contribution in [0.15, 0.2) is 12.5 Å². The second-order valence-corrected chi connectivity index (χ2v) is 9.03. The molecule has 1 rings (SSSR count). The summed E-state index contributed by atoms with van der Waals surface area (Å²) in [6, 6.07) is -4.36. The van der Waals surface area contributed by atoms with Crippen LogP contribution in [-0.2, 0) is 30.4 Å². The molecule has 0 saturated carbocycles. The van der Waals surface area contributed by atoms with Gasteiger partial charge in [-0.05, 0) is 18.3 Å². The quantitative estimate of drug-likeness (QED) is 0.149. The number of carboxylic acids is 1. The minimum absolute atomic E-state index is 0.0205. The number of nitrogens with two attached hydrogens (primary N) is 2. The Labute approximate surface area is 210 Å². The first-order valence-corrected chi connectivity index (χ1v) is 12.1. The van der Waals surface area contributed by atoms with Gasteiger partial charge in [-0.3, -0.25) is 19.2 Å². The van der Waals surface area contributed by atoms with Crippen molar-refractivity contribution in [1.82, 2.24) is 25.9 Å². The molecule has 1 aromatic heterocycles. The van der Waals surface area contributed by atoms with Gasteiger partial charge in [0.1, 0.15) is 18.1 Å². The average molecular weight is 510 g/mol. The smallest absolute Gasteiger partial charge is 0.326 e. The van der Waals surface area contributed by atoms with Crippen LogP contribution < -0.4 is 27.4 Å². The van der Waals surface area contributed by atoms with E-state index in [4.69, 9.17) is 11.5 Å². The monoisotopic (exact) mass is 509 g/mol. The van der Waals surface area contributed by atoms with E-state index in [9.17, 15) is 29.1 Å². The van der Waals surface area contributed by atoms with E-state index in [2.05, 4.69) is 25.9 Å². The van der Waals surface area contributed by atoms with E-state index in [0.717, 1.165) is 0 Å². The maximum Gasteiger partial charge on any atom is 0.326 e. The summed E-state index contributed by atoms with van der Waals surface area (Å²) in [4.78, 5) is 68.4. The van der Waals surface area contributed by atoms with Gasteiger partial charge in [0.15, 0.2) is 0 Å². The van der Waals surface area contributed by atoms with Crippen LogP contribution in [0, 0.1) is 11.8 Å². The molecule has 13 nitrogen and oxygen atoms in total. The van der Waals surface area contributed by atoms with Gasteiger partial charge < -0.3 is 37.5 Å². The molecule has 0 aliphatic rings. The number of hydrogen-bond acceptors (Lipinski definition) is 7. The molecule has 0 saturated heterocycles. The molecule has 0 aromatic carbocycles. The van der Waals surface area contributed by atoms with Gasteiger partial charge in [0.25, 0.3) is 0 Å². The fourth-order valence-electron chi connectivity index (χ4n) is 3.37. The lowest BCUT2D eigenvalue weighted by molar-refractivity contribution is -0.142. The van der Waals surface area contributed by atoms with Crippen LogP contribution in [0.3, 0.4) is 0 Å². The zero-order valence-corrected chi connectivity index (χ0v) is 21.2. The molecule has 0 spiro atoms. The summed E-state index contributed by atoms with van der Waals surface area (Å²) in [6.45, 7) is 7.39. The summed E-state index contributed by atoms with van der Waals surface area (Å²) >= 11 is 0. The van der Waals surface area contributed by atoms with Crippen LogP contribution >= 0.6 is 0 Å². The third-order valence-corrected chi connectivity index (χ3v) is 6.26. The van der Waals surface area contributed by atoms with Crippen LogP contribution in [0.5, 0.6) is 0 Å². The van der Waals surface area contributed by atoms with Crippen LogP contribution in [0.1, 0.15) is 59.1 Å². The molecular weight excluding hydrogens is 470 g/mol. The van der Waals surface area contributed by atoms with Gasteiger partial charge in [-0.2, -0.15) is 0 Å². The van der Waals surface area contributed by atoms with Crippen LogP contribution in [-0.4, -0.2) is 68.8 Å². The number of imidazole rings is 1. The van der Waals surface area contributed by atoms with Gasteiger partial charge >= 0.3 is 5.97 Å². The van der Waals surface area contributed by atoms with Crippen molar-refractivity contribution < 1.29 is 29.1 Å². The van der Waals surface area contributed by atoms with Crippen molar-refractivity contribution in [2.75, 3.05) is 0 Å². The van der Waals surface area contributed by atoms with E-state index in [0.29, 0.717) is 18.5 Å². The fraction of sp³-hybridized carbons (Fsp3) is 0.652. The van der Waals surface area contributed by atoms with E-state index in [1.165, 1.54) is 12.5 Å². The number of aliphatic carboxylic acids is 1. The number of carbonyl (C=O) groups is 5. The molecule has 0 bridgehead atoms. The van der Waals surface area contributed by atoms with E-state index in [1.54, 1.807) is 6.92 Å². The number of nitrogens with one attached hydrogen (secondary N) is 4. The molecule has 4 amide bonds. The van der Waals surface area contributed by atoms with Crippen LogP contribution in [0.25, 0.3) is 0 Å². The maximum absolute atomic E-state index is 13.3. The van der Waals surface area contributed by atoms with E-state index >= 15 is 0 Å². The second-order valence-electron chi connectivity index (χ2n) is 9.03. The van der Waals surface area contributed by atoms with Crippen molar-refractivity contribution in [2.24, 2.45) is 23.3 Å². The van der Waals surface area contributed by atoms with Crippen molar-refractivity contribution in [2.45, 2.75) is 84.0 Å². The normalized spacial score (nSPS) is 16.0. The molecule has 0 aliphatic heterocycles. The van der Waals surface area contributed by atoms with E-state index in [-0.39, 0.29) is 31.1 Å². The van der Waals surface area contributed by atoms with Gasteiger partial charge in [0.2, 0.25) is 23.6 Å². The Hall–Kier alpha value is -3.48. The topological polar surface area (TPSA) is 222 Å². The number of nitrogens with zero attached hydrogens (tertiary/aromatic N) is 1. The standard InChI is InChI=1S/C23H39N7O6/c1-5-12(3)18(25)21(33)30-19(13(4)6-2)22(34)29-16(9-14-10-26-11-27-14)20(32)28-15(23(35)36)7-8-17(24)31/h10-13,15-16,18-19H,5-9,25H2,1-4H3,(H2,24,31)(H,26,27)(H,28,32)(H,29,34)(H,30,33)(H,35,36). The highest BCUT2D eigenvalue weighted by Crippen LogP contribution is 2.12. The third kappa shape index (κ3) is 9.64. The Kier molecular flexibility index (Phi) is 12.6. The highest BCUT2D eigenvalue weighted by atomic mass is 16.4. The number of H-pyrrole nitrogens is 1. The number of hydrogen-bond donors (Lipinski definition) is 7. The lowest BCUT2D eigenvalue weighted by Gasteiger charge is -2.28. The first kappa shape index (κ1) is 30.6. The SMILES string of the molecule is CCC(C)C(N)C(=O)NC(C(=O)NC(Cc1cnc[nH]1)C(=O)NC(CCC(N)=O)C(=O)O)C(C)CC. The van der Waals surface area contributed by atoms with E-state index in [1.807, 2.05) is 20.8 Å². The number of carbonyl (C=O) groups excluding carboxylic acids is 4. The first-order valence-electron chi connectivity index (χ1n) is 12.1. The lowest BCUT2D eigenvalue weighted by atomic mass is 9.95. The fourth-order valence-corrected chi connectivity index (χ4v) is 3.37. The van der Waals surface area contributed by atoms with E-state index < -0.39 is 53.8 Å². The Morgan fingerprint density at radius 1 is 0.972 bits per heavy atom. The Morgan fingerprint density at radius 2 is 1.58 bits per heavy atom. The molecule has 1 aromatic rings.